The lowest BCUT2D eigenvalue weighted by atomic mass is 10.2. The smallest absolute Gasteiger partial charge is 0.328 e. The number of allylic oxidation sites excluding steroid dienone is 1. The molecule has 1 aromatic rings. The molecule has 0 heterocycles. The van der Waals surface area contributed by atoms with E-state index in [0.29, 0.717) is 17.9 Å². The van der Waals surface area contributed by atoms with Crippen LogP contribution in [0.2, 0.25) is 0 Å². The second-order valence-electron chi connectivity index (χ2n) is 3.95. The Hall–Kier alpha value is -2.10. The molecular formula is C14H15FO3. The van der Waals surface area contributed by atoms with E-state index in [-0.39, 0.29) is 0 Å². The highest BCUT2D eigenvalue weighted by molar-refractivity contribution is 5.85. The molecule has 0 saturated carbocycles. The van der Waals surface area contributed by atoms with Gasteiger partial charge in [-0.1, -0.05) is 5.57 Å². The Kier molecular flexibility index (Phi) is 5.11. The number of ether oxygens (including phenoxy) is 1. The van der Waals surface area contributed by atoms with Crippen molar-refractivity contribution in [2.75, 3.05) is 6.61 Å². The van der Waals surface area contributed by atoms with Gasteiger partial charge in [-0.2, -0.15) is 0 Å². The molecule has 0 aliphatic carbocycles. The molecule has 96 valence electrons. The summed E-state index contributed by atoms with van der Waals surface area (Å²) in [6, 6.07) is 3.99. The number of halogens is 1. The van der Waals surface area contributed by atoms with Gasteiger partial charge in [-0.15, -0.1) is 0 Å². The van der Waals surface area contributed by atoms with Crippen molar-refractivity contribution in [1.82, 2.24) is 0 Å². The zero-order valence-electron chi connectivity index (χ0n) is 10.3. The minimum absolute atomic E-state index is 0.363. The fourth-order valence-electron chi connectivity index (χ4n) is 1.24. The van der Waals surface area contributed by atoms with Crippen LogP contribution in [0.4, 0.5) is 4.39 Å². The van der Waals surface area contributed by atoms with Gasteiger partial charge >= 0.3 is 5.97 Å². The van der Waals surface area contributed by atoms with E-state index in [2.05, 4.69) is 0 Å². The fraction of sp³-hybridized carbons (Fsp3) is 0.214. The molecule has 0 amide bonds. The van der Waals surface area contributed by atoms with E-state index in [9.17, 15) is 9.18 Å². The summed E-state index contributed by atoms with van der Waals surface area (Å²) < 4.78 is 18.5. The van der Waals surface area contributed by atoms with Gasteiger partial charge in [0, 0.05) is 11.6 Å². The molecule has 1 aromatic carbocycles. The lowest BCUT2D eigenvalue weighted by Crippen LogP contribution is -1.97. The number of hydrogen-bond acceptors (Lipinski definition) is 2. The second-order valence-corrected chi connectivity index (χ2v) is 3.95. The summed E-state index contributed by atoms with van der Waals surface area (Å²) in [4.78, 5) is 10.4. The maximum atomic E-state index is 13.1. The molecular weight excluding hydrogens is 235 g/mol. The third kappa shape index (κ3) is 4.82. The molecule has 0 unspecified atom stereocenters. The minimum atomic E-state index is -1.09. The highest BCUT2D eigenvalue weighted by Gasteiger charge is 2.03. The average molecular weight is 250 g/mol. The van der Waals surface area contributed by atoms with Crippen molar-refractivity contribution in [3.63, 3.8) is 0 Å². The molecule has 18 heavy (non-hydrogen) atoms. The number of rotatable bonds is 5. The first-order valence-electron chi connectivity index (χ1n) is 5.46. The van der Waals surface area contributed by atoms with Gasteiger partial charge in [0.05, 0.1) is 0 Å². The van der Waals surface area contributed by atoms with Crippen molar-refractivity contribution in [3.8, 4) is 5.75 Å². The molecule has 0 bridgehead atoms. The molecule has 0 saturated heterocycles. The molecule has 4 heteroatoms. The van der Waals surface area contributed by atoms with Gasteiger partial charge in [-0.25, -0.2) is 9.18 Å². The Morgan fingerprint density at radius 3 is 2.78 bits per heavy atom. The van der Waals surface area contributed by atoms with Crippen molar-refractivity contribution < 1.29 is 19.0 Å². The highest BCUT2D eigenvalue weighted by Crippen LogP contribution is 2.21. The van der Waals surface area contributed by atoms with Gasteiger partial charge in [0.25, 0.3) is 0 Å². The van der Waals surface area contributed by atoms with Crippen LogP contribution in [0.3, 0.4) is 0 Å². The first-order chi connectivity index (χ1) is 8.49. The number of carbonyl (C=O) groups is 1. The summed E-state index contributed by atoms with van der Waals surface area (Å²) in [7, 11) is 0. The van der Waals surface area contributed by atoms with Crippen LogP contribution in [0, 0.1) is 5.82 Å². The largest absolute Gasteiger partial charge is 0.489 e. The van der Waals surface area contributed by atoms with Gasteiger partial charge in [0.15, 0.2) is 0 Å². The molecule has 0 aromatic heterocycles. The maximum Gasteiger partial charge on any atom is 0.328 e. The van der Waals surface area contributed by atoms with Gasteiger partial charge in [-0.05, 0) is 44.2 Å². The molecule has 0 aliphatic rings. The normalized spacial score (nSPS) is 10.4. The van der Waals surface area contributed by atoms with Crippen LogP contribution in [0.5, 0.6) is 5.75 Å². The van der Waals surface area contributed by atoms with Gasteiger partial charge in [0.1, 0.15) is 18.2 Å². The Bertz CT molecular complexity index is 486. The van der Waals surface area contributed by atoms with Gasteiger partial charge < -0.3 is 9.84 Å². The van der Waals surface area contributed by atoms with Crippen molar-refractivity contribution in [3.05, 3.63) is 47.3 Å². The Morgan fingerprint density at radius 1 is 1.44 bits per heavy atom. The van der Waals surface area contributed by atoms with Crippen LogP contribution in [-0.2, 0) is 4.79 Å². The number of benzene rings is 1. The Balaban J connectivity index is 2.89. The number of aliphatic carboxylic acids is 1. The topological polar surface area (TPSA) is 46.5 Å². The summed E-state index contributed by atoms with van der Waals surface area (Å²) >= 11 is 0. The zero-order valence-corrected chi connectivity index (χ0v) is 10.3. The van der Waals surface area contributed by atoms with Crippen molar-refractivity contribution in [1.29, 1.82) is 0 Å². The van der Waals surface area contributed by atoms with E-state index >= 15 is 0 Å². The third-order valence-electron chi connectivity index (χ3n) is 2.11. The second kappa shape index (κ2) is 6.59. The van der Waals surface area contributed by atoms with Crippen molar-refractivity contribution in [2.45, 2.75) is 13.8 Å². The molecule has 1 rings (SSSR count). The summed E-state index contributed by atoms with van der Waals surface area (Å²) in [6.07, 6.45) is 4.14. The number of hydrogen-bond donors (Lipinski definition) is 1. The van der Waals surface area contributed by atoms with E-state index in [1.165, 1.54) is 24.3 Å². The van der Waals surface area contributed by atoms with Gasteiger partial charge in [0.2, 0.25) is 0 Å². The molecule has 1 N–H and O–H groups in total. The quantitative estimate of drug-likeness (QED) is 0.644. The van der Waals surface area contributed by atoms with E-state index in [1.54, 1.807) is 0 Å². The predicted octanol–water partition coefficient (Wildman–Crippen LogP) is 3.27. The van der Waals surface area contributed by atoms with Crippen LogP contribution in [0.25, 0.3) is 6.08 Å². The van der Waals surface area contributed by atoms with Crippen LogP contribution >= 0.6 is 0 Å². The standard InChI is InChI=1S/C14H15FO3/c1-10(2)7-8-18-13-5-4-12(15)9-11(13)3-6-14(16)17/h3-7,9H,8H2,1-2H3,(H,16,17)/b6-3+. The SMILES string of the molecule is CC(C)=CCOc1ccc(F)cc1/C=C/C(=O)O. The Morgan fingerprint density at radius 2 is 2.17 bits per heavy atom. The summed E-state index contributed by atoms with van der Waals surface area (Å²) in [5.41, 5.74) is 1.51. The highest BCUT2D eigenvalue weighted by atomic mass is 19.1. The van der Waals surface area contributed by atoms with Crippen molar-refractivity contribution >= 4 is 12.0 Å². The van der Waals surface area contributed by atoms with Gasteiger partial charge in [-0.3, -0.25) is 0 Å². The number of carboxylic acid groups (broad SMARTS) is 1. The monoisotopic (exact) mass is 250 g/mol. The van der Waals surface area contributed by atoms with E-state index in [4.69, 9.17) is 9.84 Å². The zero-order chi connectivity index (χ0) is 13.5. The average Bonchev–Trinajstić information content (AvgIpc) is 2.28. The molecule has 0 radical (unpaired) electrons. The van der Waals surface area contributed by atoms with E-state index < -0.39 is 11.8 Å². The first kappa shape index (κ1) is 14.0. The van der Waals surface area contributed by atoms with E-state index in [1.807, 2.05) is 19.9 Å². The van der Waals surface area contributed by atoms with Crippen LogP contribution in [-0.4, -0.2) is 17.7 Å². The first-order valence-corrected chi connectivity index (χ1v) is 5.46. The lowest BCUT2D eigenvalue weighted by molar-refractivity contribution is -0.131. The minimum Gasteiger partial charge on any atom is -0.489 e. The molecule has 0 atom stereocenters. The summed E-state index contributed by atoms with van der Waals surface area (Å²) in [5, 5.41) is 8.55. The van der Waals surface area contributed by atoms with Crippen LogP contribution < -0.4 is 4.74 Å². The lowest BCUT2D eigenvalue weighted by Gasteiger charge is -2.07. The summed E-state index contributed by atoms with van der Waals surface area (Å²) in [5.74, 6) is -1.07. The maximum absolute atomic E-state index is 13.1. The molecule has 0 aliphatic heterocycles. The van der Waals surface area contributed by atoms with Crippen molar-refractivity contribution in [2.24, 2.45) is 0 Å². The molecule has 0 fully saturated rings. The number of carboxylic acids is 1. The van der Waals surface area contributed by atoms with E-state index in [0.717, 1.165) is 11.6 Å². The predicted molar refractivity (Wildman–Crippen MR) is 68.0 cm³/mol. The molecule has 0 spiro atoms. The van der Waals surface area contributed by atoms with Crippen LogP contribution in [0.1, 0.15) is 19.4 Å². The summed E-state index contributed by atoms with van der Waals surface area (Å²) in [6.45, 7) is 4.25. The Labute approximate surface area is 105 Å². The third-order valence-corrected chi connectivity index (χ3v) is 2.11. The molecule has 3 nitrogen and oxygen atoms in total. The van der Waals surface area contributed by atoms with Crippen LogP contribution in [0.15, 0.2) is 35.9 Å². The fourth-order valence-corrected chi connectivity index (χ4v) is 1.24.